The summed E-state index contributed by atoms with van der Waals surface area (Å²) in [6, 6.07) is 17.0. The van der Waals surface area contributed by atoms with Crippen LogP contribution in [-0.4, -0.2) is 28.7 Å². The van der Waals surface area contributed by atoms with Gasteiger partial charge < -0.3 is 4.90 Å². The van der Waals surface area contributed by atoms with Crippen molar-refractivity contribution < 1.29 is 14.4 Å². The van der Waals surface area contributed by atoms with Crippen molar-refractivity contribution in [3.05, 3.63) is 87.1 Å². The van der Waals surface area contributed by atoms with Crippen molar-refractivity contribution in [1.29, 1.82) is 0 Å². The molecule has 0 aliphatic carbocycles. The molecule has 1 aliphatic rings. The van der Waals surface area contributed by atoms with Crippen molar-refractivity contribution in [1.82, 2.24) is 4.90 Å². The van der Waals surface area contributed by atoms with Crippen molar-refractivity contribution in [3.8, 4) is 0 Å². The minimum atomic E-state index is -0.885. The molecule has 0 N–H and O–H groups in total. The Morgan fingerprint density at radius 1 is 1.10 bits per heavy atom. The molecule has 7 heteroatoms. The Morgan fingerprint density at radius 2 is 1.83 bits per heavy atom. The van der Waals surface area contributed by atoms with Crippen LogP contribution in [0.2, 0.25) is 5.02 Å². The minimum absolute atomic E-state index is 0.0612. The van der Waals surface area contributed by atoms with Crippen LogP contribution in [0.1, 0.15) is 27.2 Å². The highest BCUT2D eigenvalue weighted by Gasteiger charge is 2.44. The molecule has 1 aliphatic heterocycles. The zero-order valence-electron chi connectivity index (χ0n) is 16.2. The van der Waals surface area contributed by atoms with E-state index in [4.69, 9.17) is 11.6 Å². The first-order chi connectivity index (χ1) is 14.5. The summed E-state index contributed by atoms with van der Waals surface area (Å²) in [4.78, 5) is 42.4. The number of hydrogen-bond acceptors (Lipinski definition) is 4. The molecule has 0 radical (unpaired) electrons. The highest BCUT2D eigenvalue weighted by Crippen LogP contribution is 2.29. The minimum Gasteiger partial charge on any atom is -0.321 e. The normalized spacial score (nSPS) is 16.2. The number of carbonyl (C=O) groups excluding carboxylic acids is 3. The van der Waals surface area contributed by atoms with Gasteiger partial charge in [-0.2, -0.15) is 0 Å². The summed E-state index contributed by atoms with van der Waals surface area (Å²) in [6.45, 7) is 2.08. The van der Waals surface area contributed by atoms with Gasteiger partial charge in [-0.3, -0.25) is 14.4 Å². The molecule has 1 aromatic heterocycles. The Bertz CT molecular complexity index is 1100. The maximum Gasteiger partial charge on any atom is 0.264 e. The third-order valence-electron chi connectivity index (χ3n) is 5.08. The van der Waals surface area contributed by atoms with Gasteiger partial charge in [0.1, 0.15) is 6.04 Å². The molecule has 3 amide bonds. The molecule has 30 heavy (non-hydrogen) atoms. The molecule has 2 heterocycles. The first-order valence-electron chi connectivity index (χ1n) is 9.47. The molecule has 1 fully saturated rings. The average Bonchev–Trinajstić information content (AvgIpc) is 3.36. The van der Waals surface area contributed by atoms with Crippen LogP contribution < -0.4 is 4.90 Å². The number of hydrogen-bond donors (Lipinski definition) is 0. The van der Waals surface area contributed by atoms with Gasteiger partial charge >= 0.3 is 0 Å². The predicted octanol–water partition coefficient (Wildman–Crippen LogP) is 4.68. The van der Waals surface area contributed by atoms with Crippen molar-refractivity contribution in [2.75, 3.05) is 4.90 Å². The molecular weight excluding hydrogens is 420 g/mol. The molecule has 4 rings (SSSR count). The highest BCUT2D eigenvalue weighted by atomic mass is 35.5. The van der Waals surface area contributed by atoms with Gasteiger partial charge in [0.05, 0.1) is 17.0 Å². The maximum atomic E-state index is 13.3. The Labute approximate surface area is 183 Å². The van der Waals surface area contributed by atoms with Crippen molar-refractivity contribution >= 4 is 46.3 Å². The summed E-state index contributed by atoms with van der Waals surface area (Å²) in [6.07, 6.45) is -0.0612. The van der Waals surface area contributed by atoms with E-state index in [0.29, 0.717) is 15.6 Å². The fraction of sp³-hybridized carbons (Fsp3) is 0.174. The second-order valence-corrected chi connectivity index (χ2v) is 8.48. The summed E-state index contributed by atoms with van der Waals surface area (Å²) in [7, 11) is 0. The van der Waals surface area contributed by atoms with Crippen LogP contribution in [0, 0.1) is 6.92 Å². The summed E-state index contributed by atoms with van der Waals surface area (Å²) in [5.41, 5.74) is 2.26. The molecule has 5 nitrogen and oxygen atoms in total. The van der Waals surface area contributed by atoms with Gasteiger partial charge in [-0.05, 0) is 42.1 Å². The number of thiophene rings is 1. The largest absolute Gasteiger partial charge is 0.321 e. The summed E-state index contributed by atoms with van der Waals surface area (Å²) >= 11 is 7.61. The first kappa shape index (κ1) is 20.3. The van der Waals surface area contributed by atoms with Crippen molar-refractivity contribution in [2.45, 2.75) is 25.9 Å². The summed E-state index contributed by atoms with van der Waals surface area (Å²) in [5, 5.41) is 2.31. The van der Waals surface area contributed by atoms with Crippen molar-refractivity contribution in [2.24, 2.45) is 0 Å². The number of aryl methyl sites for hydroxylation is 1. The fourth-order valence-corrected chi connectivity index (χ4v) is 4.37. The maximum absolute atomic E-state index is 13.3. The lowest BCUT2D eigenvalue weighted by Gasteiger charge is -2.27. The zero-order chi connectivity index (χ0) is 21.3. The Balaban J connectivity index is 1.69. The van der Waals surface area contributed by atoms with E-state index < -0.39 is 11.9 Å². The number of nitrogens with zero attached hydrogens (tertiary/aromatic N) is 2. The van der Waals surface area contributed by atoms with E-state index in [-0.39, 0.29) is 24.8 Å². The Morgan fingerprint density at radius 3 is 2.50 bits per heavy atom. The smallest absolute Gasteiger partial charge is 0.264 e. The molecular formula is C23H19ClN2O3S. The second kappa shape index (κ2) is 8.42. The third-order valence-corrected chi connectivity index (χ3v) is 6.31. The average molecular weight is 439 g/mol. The number of carbonyl (C=O) groups is 3. The molecule has 3 aromatic rings. The number of halogens is 1. The van der Waals surface area contributed by atoms with E-state index in [1.54, 1.807) is 41.8 Å². The second-order valence-electron chi connectivity index (χ2n) is 7.12. The zero-order valence-corrected chi connectivity index (χ0v) is 17.8. The number of rotatable bonds is 5. The van der Waals surface area contributed by atoms with E-state index in [0.717, 1.165) is 11.1 Å². The topological polar surface area (TPSA) is 57.7 Å². The molecule has 0 bridgehead atoms. The van der Waals surface area contributed by atoms with Crippen LogP contribution in [-0.2, 0) is 16.1 Å². The number of amides is 3. The van der Waals surface area contributed by atoms with Crippen LogP contribution in [0.15, 0.2) is 66.0 Å². The predicted molar refractivity (Wildman–Crippen MR) is 118 cm³/mol. The van der Waals surface area contributed by atoms with E-state index in [9.17, 15) is 14.4 Å². The highest BCUT2D eigenvalue weighted by molar-refractivity contribution is 7.12. The van der Waals surface area contributed by atoms with Gasteiger partial charge in [-0.25, -0.2) is 4.90 Å². The lowest BCUT2D eigenvalue weighted by atomic mass is 10.1. The van der Waals surface area contributed by atoms with E-state index in [1.807, 2.05) is 31.2 Å². The quantitative estimate of drug-likeness (QED) is 0.543. The number of benzene rings is 2. The van der Waals surface area contributed by atoms with E-state index >= 15 is 0 Å². The lowest BCUT2D eigenvalue weighted by molar-refractivity contribution is -0.122. The van der Waals surface area contributed by atoms with E-state index in [2.05, 4.69) is 0 Å². The Kier molecular flexibility index (Phi) is 5.70. The van der Waals surface area contributed by atoms with Gasteiger partial charge in [0.25, 0.3) is 11.8 Å². The fourth-order valence-electron chi connectivity index (χ4n) is 3.50. The Hall–Kier alpha value is -2.96. The van der Waals surface area contributed by atoms with Gasteiger partial charge in [-0.15, -0.1) is 11.3 Å². The van der Waals surface area contributed by atoms with Crippen LogP contribution in [0.25, 0.3) is 0 Å². The number of anilines is 1. The molecule has 2 aromatic carbocycles. The van der Waals surface area contributed by atoms with E-state index in [1.165, 1.54) is 21.1 Å². The van der Waals surface area contributed by atoms with Crippen molar-refractivity contribution in [3.63, 3.8) is 0 Å². The number of imide groups is 1. The van der Waals surface area contributed by atoms with Gasteiger partial charge in [0.15, 0.2) is 0 Å². The standard InChI is InChI=1S/C23H19ClN2O3S/c1-15-8-10-17(11-9-15)26-21(27)13-19(22(26)28)25(23(29)20-7-4-12-30-20)14-16-5-2-3-6-18(16)24/h2-12,19H,13-14H2,1H3. The molecule has 1 atom stereocenters. The molecule has 1 unspecified atom stereocenters. The summed E-state index contributed by atoms with van der Waals surface area (Å²) in [5.74, 6) is -1.01. The molecule has 1 saturated heterocycles. The van der Waals surface area contributed by atoms with Crippen LogP contribution in [0.4, 0.5) is 5.69 Å². The van der Waals surface area contributed by atoms with Gasteiger partial charge in [0.2, 0.25) is 5.91 Å². The molecule has 0 spiro atoms. The SMILES string of the molecule is Cc1ccc(N2C(=O)CC(N(Cc3ccccc3Cl)C(=O)c3cccs3)C2=O)cc1. The lowest BCUT2D eigenvalue weighted by Crippen LogP contribution is -2.45. The first-order valence-corrected chi connectivity index (χ1v) is 10.7. The summed E-state index contributed by atoms with van der Waals surface area (Å²) < 4.78 is 0. The molecule has 152 valence electrons. The van der Waals surface area contributed by atoms with Gasteiger partial charge in [0, 0.05) is 11.6 Å². The van der Waals surface area contributed by atoms with Crippen LogP contribution in [0.5, 0.6) is 0 Å². The van der Waals surface area contributed by atoms with Crippen LogP contribution in [0.3, 0.4) is 0 Å². The van der Waals surface area contributed by atoms with Crippen LogP contribution >= 0.6 is 22.9 Å². The van der Waals surface area contributed by atoms with Gasteiger partial charge in [-0.1, -0.05) is 53.6 Å². The molecule has 0 saturated carbocycles. The monoisotopic (exact) mass is 438 g/mol. The third kappa shape index (κ3) is 3.88.